The van der Waals surface area contributed by atoms with Crippen molar-refractivity contribution in [1.29, 1.82) is 0 Å². The van der Waals surface area contributed by atoms with Crippen molar-refractivity contribution < 1.29 is 14.7 Å². The van der Waals surface area contributed by atoms with Crippen LogP contribution in [0.2, 0.25) is 0 Å². The number of rotatable bonds is 4. The predicted octanol–water partition coefficient (Wildman–Crippen LogP) is 2.99. The Bertz CT molecular complexity index is 973. The molecule has 1 atom stereocenters. The van der Waals surface area contributed by atoms with Gasteiger partial charge in [0.1, 0.15) is 5.52 Å². The molecule has 0 aliphatic rings. The molecular formula is C19H18N4O3. The molecule has 3 N–H and O–H groups in total. The van der Waals surface area contributed by atoms with Gasteiger partial charge in [-0.25, -0.2) is 9.78 Å². The molecule has 0 aliphatic carbocycles. The Hall–Kier alpha value is -3.48. The minimum absolute atomic E-state index is 0.307. The van der Waals surface area contributed by atoms with E-state index in [1.54, 1.807) is 32.3 Å². The number of fused-ring (bicyclic) bond motifs is 1. The standard InChI is InChI=1S/C19H18N4O3/c1-11(22-19(25)26)16-14(12-7-4-3-5-8-12)15(18(24)20-2)17-13(23-16)9-6-10-21-17/h3-11,22H,1-2H3,(H,20,24)(H,25,26). The second-order valence-corrected chi connectivity index (χ2v) is 5.73. The minimum Gasteiger partial charge on any atom is -0.465 e. The third kappa shape index (κ3) is 3.19. The third-order valence-corrected chi connectivity index (χ3v) is 4.04. The zero-order valence-corrected chi connectivity index (χ0v) is 14.4. The van der Waals surface area contributed by atoms with E-state index in [2.05, 4.69) is 20.6 Å². The third-order valence-electron chi connectivity index (χ3n) is 4.04. The summed E-state index contributed by atoms with van der Waals surface area (Å²) in [7, 11) is 1.55. The van der Waals surface area contributed by atoms with E-state index in [1.807, 2.05) is 30.3 Å². The lowest BCUT2D eigenvalue weighted by molar-refractivity contribution is 0.0965. The molecule has 26 heavy (non-hydrogen) atoms. The van der Waals surface area contributed by atoms with Gasteiger partial charge in [0.05, 0.1) is 22.8 Å². The van der Waals surface area contributed by atoms with E-state index in [0.717, 1.165) is 5.56 Å². The highest BCUT2D eigenvalue weighted by molar-refractivity contribution is 6.10. The number of nitrogens with zero attached hydrogens (tertiary/aromatic N) is 2. The zero-order valence-electron chi connectivity index (χ0n) is 14.4. The number of pyridine rings is 2. The largest absolute Gasteiger partial charge is 0.465 e. The summed E-state index contributed by atoms with van der Waals surface area (Å²) in [6, 6.07) is 12.1. The molecule has 0 saturated carbocycles. The molecule has 1 aromatic carbocycles. The van der Waals surface area contributed by atoms with E-state index >= 15 is 0 Å². The molecule has 0 bridgehead atoms. The number of nitrogens with one attached hydrogen (secondary N) is 2. The minimum atomic E-state index is -1.16. The van der Waals surface area contributed by atoms with E-state index in [0.29, 0.717) is 27.9 Å². The maximum absolute atomic E-state index is 12.7. The lowest BCUT2D eigenvalue weighted by Gasteiger charge is -2.20. The van der Waals surface area contributed by atoms with Gasteiger partial charge in [-0.1, -0.05) is 30.3 Å². The van der Waals surface area contributed by atoms with E-state index < -0.39 is 12.1 Å². The number of amides is 2. The normalized spacial score (nSPS) is 11.8. The van der Waals surface area contributed by atoms with Gasteiger partial charge < -0.3 is 15.7 Å². The molecule has 0 radical (unpaired) electrons. The molecule has 0 saturated heterocycles. The second kappa shape index (κ2) is 7.18. The van der Waals surface area contributed by atoms with E-state index in [1.165, 1.54) is 0 Å². The lowest BCUT2D eigenvalue weighted by atomic mass is 9.93. The molecule has 132 valence electrons. The highest BCUT2D eigenvalue weighted by Gasteiger charge is 2.25. The van der Waals surface area contributed by atoms with Crippen molar-refractivity contribution >= 4 is 23.0 Å². The number of aromatic nitrogens is 2. The molecule has 0 aliphatic heterocycles. The first-order chi connectivity index (χ1) is 12.5. The van der Waals surface area contributed by atoms with Crippen LogP contribution in [0.5, 0.6) is 0 Å². The average molecular weight is 350 g/mol. The molecule has 2 amide bonds. The fourth-order valence-corrected chi connectivity index (χ4v) is 2.92. The van der Waals surface area contributed by atoms with Crippen molar-refractivity contribution in [3.63, 3.8) is 0 Å². The number of carbonyl (C=O) groups excluding carboxylic acids is 1. The Labute approximate surface area is 150 Å². The van der Waals surface area contributed by atoms with Crippen LogP contribution < -0.4 is 10.6 Å². The molecule has 0 fully saturated rings. The molecule has 2 heterocycles. The number of hydrogen-bond acceptors (Lipinski definition) is 4. The van der Waals surface area contributed by atoms with Gasteiger partial charge in [-0.15, -0.1) is 0 Å². The van der Waals surface area contributed by atoms with Gasteiger partial charge in [0.2, 0.25) is 0 Å². The predicted molar refractivity (Wildman–Crippen MR) is 97.9 cm³/mol. The van der Waals surface area contributed by atoms with Crippen LogP contribution in [-0.4, -0.2) is 34.1 Å². The van der Waals surface area contributed by atoms with Crippen LogP contribution >= 0.6 is 0 Å². The van der Waals surface area contributed by atoms with Gasteiger partial charge in [-0.3, -0.25) is 9.78 Å². The number of benzene rings is 1. The number of carboxylic acid groups (broad SMARTS) is 1. The first-order valence-electron chi connectivity index (χ1n) is 8.08. The molecule has 1 unspecified atom stereocenters. The van der Waals surface area contributed by atoms with Gasteiger partial charge in [-0.05, 0) is 24.6 Å². The summed E-state index contributed by atoms with van der Waals surface area (Å²) in [5.74, 6) is -0.307. The van der Waals surface area contributed by atoms with Gasteiger partial charge in [0, 0.05) is 18.8 Å². The van der Waals surface area contributed by atoms with Crippen LogP contribution in [0.4, 0.5) is 4.79 Å². The number of hydrogen-bond donors (Lipinski definition) is 3. The Balaban J connectivity index is 2.41. The van der Waals surface area contributed by atoms with Gasteiger partial charge in [0.25, 0.3) is 5.91 Å². The highest BCUT2D eigenvalue weighted by atomic mass is 16.4. The molecular weight excluding hydrogens is 332 g/mol. The summed E-state index contributed by atoms with van der Waals surface area (Å²) in [5.41, 5.74) is 3.17. The Morgan fingerprint density at radius 1 is 1.12 bits per heavy atom. The van der Waals surface area contributed by atoms with Crippen molar-refractivity contribution in [3.05, 3.63) is 59.9 Å². The van der Waals surface area contributed by atoms with Crippen molar-refractivity contribution in [1.82, 2.24) is 20.6 Å². The summed E-state index contributed by atoms with van der Waals surface area (Å²) in [6.45, 7) is 1.69. The Morgan fingerprint density at radius 3 is 2.50 bits per heavy atom. The molecule has 2 aromatic heterocycles. The molecule has 3 aromatic rings. The van der Waals surface area contributed by atoms with E-state index in [-0.39, 0.29) is 5.91 Å². The zero-order chi connectivity index (χ0) is 18.7. The maximum atomic E-state index is 12.7. The second-order valence-electron chi connectivity index (χ2n) is 5.73. The van der Waals surface area contributed by atoms with E-state index in [9.17, 15) is 9.59 Å². The van der Waals surface area contributed by atoms with Gasteiger partial charge in [0.15, 0.2) is 0 Å². The summed E-state index contributed by atoms with van der Waals surface area (Å²) in [4.78, 5) is 32.8. The summed E-state index contributed by atoms with van der Waals surface area (Å²) >= 11 is 0. The topological polar surface area (TPSA) is 104 Å². The summed E-state index contributed by atoms with van der Waals surface area (Å²) in [5, 5.41) is 14.2. The molecule has 7 heteroatoms. The summed E-state index contributed by atoms with van der Waals surface area (Å²) in [6.07, 6.45) is 0.440. The van der Waals surface area contributed by atoms with Crippen molar-refractivity contribution in [2.24, 2.45) is 0 Å². The van der Waals surface area contributed by atoms with Crippen LogP contribution in [0.15, 0.2) is 48.7 Å². The quantitative estimate of drug-likeness (QED) is 0.671. The van der Waals surface area contributed by atoms with Gasteiger partial charge in [-0.2, -0.15) is 0 Å². The van der Waals surface area contributed by atoms with Crippen molar-refractivity contribution in [2.45, 2.75) is 13.0 Å². The van der Waals surface area contributed by atoms with Crippen LogP contribution in [0.1, 0.15) is 29.0 Å². The highest BCUT2D eigenvalue weighted by Crippen LogP contribution is 2.34. The van der Waals surface area contributed by atoms with Gasteiger partial charge >= 0.3 is 6.09 Å². The van der Waals surface area contributed by atoms with E-state index in [4.69, 9.17) is 5.11 Å². The summed E-state index contributed by atoms with van der Waals surface area (Å²) < 4.78 is 0. The van der Waals surface area contributed by atoms with Crippen LogP contribution in [0, 0.1) is 0 Å². The van der Waals surface area contributed by atoms with Crippen molar-refractivity contribution in [2.75, 3.05) is 7.05 Å². The fourth-order valence-electron chi connectivity index (χ4n) is 2.92. The number of carbonyl (C=O) groups is 2. The Kier molecular flexibility index (Phi) is 4.79. The lowest BCUT2D eigenvalue weighted by Crippen LogP contribution is -2.27. The van der Waals surface area contributed by atoms with Crippen LogP contribution in [0.25, 0.3) is 22.2 Å². The monoisotopic (exact) mass is 350 g/mol. The molecule has 7 nitrogen and oxygen atoms in total. The van der Waals surface area contributed by atoms with Crippen LogP contribution in [-0.2, 0) is 0 Å². The SMILES string of the molecule is CNC(=O)c1c(-c2ccccc2)c(C(C)NC(=O)O)nc2cccnc12. The smallest absolute Gasteiger partial charge is 0.405 e. The first-order valence-corrected chi connectivity index (χ1v) is 8.08. The van der Waals surface area contributed by atoms with Crippen molar-refractivity contribution in [3.8, 4) is 11.1 Å². The first kappa shape index (κ1) is 17.3. The average Bonchev–Trinajstić information content (AvgIpc) is 2.66. The fraction of sp³-hybridized carbons (Fsp3) is 0.158. The molecule has 0 spiro atoms. The van der Waals surface area contributed by atoms with Crippen LogP contribution in [0.3, 0.4) is 0 Å². The maximum Gasteiger partial charge on any atom is 0.405 e. The molecule has 3 rings (SSSR count). The Morgan fingerprint density at radius 2 is 1.85 bits per heavy atom.